The number of imidazole rings is 1. The van der Waals surface area contributed by atoms with Crippen molar-refractivity contribution in [1.29, 1.82) is 0 Å². The van der Waals surface area contributed by atoms with Crippen molar-refractivity contribution in [2.75, 3.05) is 18.0 Å². The lowest BCUT2D eigenvalue weighted by atomic mass is 9.99. The molecule has 0 aliphatic carbocycles. The van der Waals surface area contributed by atoms with Crippen molar-refractivity contribution in [1.82, 2.24) is 24.8 Å². The number of benzene rings is 1. The molecule has 1 aromatic carbocycles. The summed E-state index contributed by atoms with van der Waals surface area (Å²) >= 11 is 0. The van der Waals surface area contributed by atoms with Gasteiger partial charge in [-0.05, 0) is 44.6 Å². The standard InChI is InChI=1S/C24H30N6O/c1-19-16-22(28-24(27-19)29-15-13-25-18-29)30-14-6-5-11-21(30)17-23(31)26-12-7-10-20-8-3-2-4-9-20/h2-4,8-9,13,15-16,18,21H,5-7,10-12,14,17H2,1H3,(H,26,31). The number of hydrogen-bond acceptors (Lipinski definition) is 5. The zero-order valence-corrected chi connectivity index (χ0v) is 18.1. The van der Waals surface area contributed by atoms with E-state index in [4.69, 9.17) is 4.98 Å². The molecule has 0 spiro atoms. The Balaban J connectivity index is 1.36. The summed E-state index contributed by atoms with van der Waals surface area (Å²) in [4.78, 5) is 28.3. The molecular formula is C24H30N6O. The van der Waals surface area contributed by atoms with Crippen molar-refractivity contribution in [3.05, 3.63) is 66.4 Å². The summed E-state index contributed by atoms with van der Waals surface area (Å²) in [6, 6.07) is 12.6. The van der Waals surface area contributed by atoms with Crippen LogP contribution in [0.25, 0.3) is 5.95 Å². The molecule has 7 nitrogen and oxygen atoms in total. The van der Waals surface area contributed by atoms with Gasteiger partial charge in [-0.25, -0.2) is 9.97 Å². The van der Waals surface area contributed by atoms with Gasteiger partial charge in [0.2, 0.25) is 11.9 Å². The largest absolute Gasteiger partial charge is 0.356 e. The highest BCUT2D eigenvalue weighted by atomic mass is 16.1. The lowest BCUT2D eigenvalue weighted by molar-refractivity contribution is -0.121. The van der Waals surface area contributed by atoms with Crippen LogP contribution in [0.2, 0.25) is 0 Å². The van der Waals surface area contributed by atoms with Crippen molar-refractivity contribution >= 4 is 11.7 Å². The number of carbonyl (C=O) groups excluding carboxylic acids is 1. The van der Waals surface area contributed by atoms with Crippen molar-refractivity contribution in [2.45, 2.75) is 51.5 Å². The molecule has 4 rings (SSSR count). The second-order valence-corrected chi connectivity index (χ2v) is 8.12. The second kappa shape index (κ2) is 10.2. The number of aryl methyl sites for hydroxylation is 2. The molecule has 31 heavy (non-hydrogen) atoms. The molecule has 2 aromatic heterocycles. The smallest absolute Gasteiger partial charge is 0.237 e. The third-order valence-corrected chi connectivity index (χ3v) is 5.71. The molecular weight excluding hydrogens is 388 g/mol. The molecule has 1 aliphatic heterocycles. The minimum Gasteiger partial charge on any atom is -0.356 e. The molecule has 162 valence electrons. The molecule has 0 radical (unpaired) electrons. The Morgan fingerprint density at radius 2 is 2.06 bits per heavy atom. The number of hydrogen-bond donors (Lipinski definition) is 1. The van der Waals surface area contributed by atoms with Gasteiger partial charge in [0.15, 0.2) is 0 Å². The first kappa shape index (κ1) is 21.0. The molecule has 0 saturated carbocycles. The van der Waals surface area contributed by atoms with E-state index >= 15 is 0 Å². The van der Waals surface area contributed by atoms with E-state index in [9.17, 15) is 4.79 Å². The Bertz CT molecular complexity index is 973. The Hall–Kier alpha value is -3.22. The summed E-state index contributed by atoms with van der Waals surface area (Å²) in [5, 5.41) is 3.11. The number of piperidine rings is 1. The normalized spacial score (nSPS) is 16.3. The van der Waals surface area contributed by atoms with E-state index in [1.807, 2.05) is 29.8 Å². The summed E-state index contributed by atoms with van der Waals surface area (Å²) in [7, 11) is 0. The van der Waals surface area contributed by atoms with Crippen LogP contribution in [0.1, 0.15) is 43.4 Å². The molecule has 1 amide bonds. The van der Waals surface area contributed by atoms with Gasteiger partial charge in [0, 0.05) is 49.7 Å². The number of aromatic nitrogens is 4. The number of nitrogens with one attached hydrogen (secondary N) is 1. The first-order chi connectivity index (χ1) is 15.2. The van der Waals surface area contributed by atoms with Gasteiger partial charge in [-0.2, -0.15) is 4.98 Å². The maximum absolute atomic E-state index is 12.6. The van der Waals surface area contributed by atoms with Crippen LogP contribution in [0.3, 0.4) is 0 Å². The van der Waals surface area contributed by atoms with Crippen LogP contribution in [-0.4, -0.2) is 44.6 Å². The summed E-state index contributed by atoms with van der Waals surface area (Å²) in [5.41, 5.74) is 2.21. The zero-order chi connectivity index (χ0) is 21.5. The zero-order valence-electron chi connectivity index (χ0n) is 18.1. The highest BCUT2D eigenvalue weighted by Gasteiger charge is 2.26. The summed E-state index contributed by atoms with van der Waals surface area (Å²) in [5.74, 6) is 1.62. The molecule has 1 N–H and O–H groups in total. The van der Waals surface area contributed by atoms with E-state index in [1.165, 1.54) is 5.56 Å². The SMILES string of the molecule is Cc1cc(N2CCCCC2CC(=O)NCCCc2ccccc2)nc(-n2ccnc2)n1. The van der Waals surface area contributed by atoms with Crippen LogP contribution in [0.15, 0.2) is 55.1 Å². The fourth-order valence-electron chi connectivity index (χ4n) is 4.14. The van der Waals surface area contributed by atoms with E-state index in [0.29, 0.717) is 18.9 Å². The second-order valence-electron chi connectivity index (χ2n) is 8.12. The monoisotopic (exact) mass is 418 g/mol. The number of anilines is 1. The van der Waals surface area contributed by atoms with Crippen LogP contribution in [0, 0.1) is 6.92 Å². The molecule has 1 unspecified atom stereocenters. The van der Waals surface area contributed by atoms with Gasteiger partial charge in [-0.15, -0.1) is 0 Å². The highest BCUT2D eigenvalue weighted by molar-refractivity contribution is 5.77. The molecule has 1 fully saturated rings. The lowest BCUT2D eigenvalue weighted by Crippen LogP contribution is -2.43. The van der Waals surface area contributed by atoms with Crippen LogP contribution >= 0.6 is 0 Å². The molecule has 3 aromatic rings. The predicted octanol–water partition coefficient (Wildman–Crippen LogP) is 3.47. The summed E-state index contributed by atoms with van der Waals surface area (Å²) < 4.78 is 1.81. The highest BCUT2D eigenvalue weighted by Crippen LogP contribution is 2.26. The molecule has 1 aliphatic rings. The van der Waals surface area contributed by atoms with Crippen molar-refractivity contribution in [3.8, 4) is 5.95 Å². The first-order valence-corrected chi connectivity index (χ1v) is 11.1. The van der Waals surface area contributed by atoms with Gasteiger partial charge in [-0.1, -0.05) is 30.3 Å². The minimum absolute atomic E-state index is 0.116. The molecule has 0 bridgehead atoms. The van der Waals surface area contributed by atoms with Crippen LogP contribution < -0.4 is 10.2 Å². The Labute approximate surface area is 183 Å². The van der Waals surface area contributed by atoms with Crippen molar-refractivity contribution in [3.63, 3.8) is 0 Å². The maximum Gasteiger partial charge on any atom is 0.237 e. The van der Waals surface area contributed by atoms with Gasteiger partial charge < -0.3 is 10.2 Å². The molecule has 1 saturated heterocycles. The van der Waals surface area contributed by atoms with Gasteiger partial charge >= 0.3 is 0 Å². The Kier molecular flexibility index (Phi) is 6.92. The Morgan fingerprint density at radius 3 is 2.87 bits per heavy atom. The quantitative estimate of drug-likeness (QED) is 0.567. The van der Waals surface area contributed by atoms with Crippen molar-refractivity contribution < 1.29 is 4.79 Å². The van der Waals surface area contributed by atoms with Gasteiger partial charge in [0.25, 0.3) is 0 Å². The summed E-state index contributed by atoms with van der Waals surface area (Å²) in [6.07, 6.45) is 10.9. The van der Waals surface area contributed by atoms with Gasteiger partial charge in [-0.3, -0.25) is 9.36 Å². The molecule has 7 heteroatoms. The first-order valence-electron chi connectivity index (χ1n) is 11.1. The summed E-state index contributed by atoms with van der Waals surface area (Å²) in [6.45, 7) is 3.59. The lowest BCUT2D eigenvalue weighted by Gasteiger charge is -2.36. The van der Waals surface area contributed by atoms with E-state index in [1.54, 1.807) is 12.5 Å². The number of nitrogens with zero attached hydrogens (tertiary/aromatic N) is 5. The van der Waals surface area contributed by atoms with E-state index < -0.39 is 0 Å². The van der Waals surface area contributed by atoms with Gasteiger partial charge in [0.1, 0.15) is 12.1 Å². The van der Waals surface area contributed by atoms with Crippen LogP contribution in [0.4, 0.5) is 5.82 Å². The third kappa shape index (κ3) is 5.69. The van der Waals surface area contributed by atoms with E-state index in [2.05, 4.69) is 44.5 Å². The van der Waals surface area contributed by atoms with E-state index in [0.717, 1.165) is 50.2 Å². The fourth-order valence-corrected chi connectivity index (χ4v) is 4.14. The number of rotatable bonds is 8. The molecule has 1 atom stereocenters. The number of carbonyl (C=O) groups is 1. The van der Waals surface area contributed by atoms with Gasteiger partial charge in [0.05, 0.1) is 0 Å². The minimum atomic E-state index is 0.116. The predicted molar refractivity (Wildman–Crippen MR) is 121 cm³/mol. The maximum atomic E-state index is 12.6. The topological polar surface area (TPSA) is 75.9 Å². The average Bonchev–Trinajstić information content (AvgIpc) is 3.33. The van der Waals surface area contributed by atoms with E-state index in [-0.39, 0.29) is 11.9 Å². The fraction of sp³-hybridized carbons (Fsp3) is 0.417. The number of amides is 1. The third-order valence-electron chi connectivity index (χ3n) is 5.71. The van der Waals surface area contributed by atoms with Crippen molar-refractivity contribution in [2.24, 2.45) is 0 Å². The average molecular weight is 419 g/mol. The Morgan fingerprint density at radius 1 is 1.19 bits per heavy atom. The van der Waals surface area contributed by atoms with Crippen LogP contribution in [-0.2, 0) is 11.2 Å². The van der Waals surface area contributed by atoms with Crippen LogP contribution in [0.5, 0.6) is 0 Å². The molecule has 3 heterocycles.